The monoisotopic (exact) mass is 600 g/mol. The summed E-state index contributed by atoms with van der Waals surface area (Å²) in [5.41, 5.74) is 22.1. The van der Waals surface area contributed by atoms with Crippen molar-refractivity contribution in [2.75, 3.05) is 65.4 Å². The van der Waals surface area contributed by atoms with E-state index in [1.165, 1.54) is 0 Å². The van der Waals surface area contributed by atoms with Crippen LogP contribution in [0.15, 0.2) is 0 Å². The zero-order chi connectivity index (χ0) is 31.3. The van der Waals surface area contributed by atoms with Gasteiger partial charge in [0.2, 0.25) is 23.6 Å². The van der Waals surface area contributed by atoms with Gasteiger partial charge >= 0.3 is 0 Å². The SMILES string of the molecule is NCCCCNC(=O)CC(NCCCCNC(=O)CC(NCCCCN)C(=O)NCCCCN)C(=O)NCCCCN. The Morgan fingerprint density at radius 3 is 1.05 bits per heavy atom. The summed E-state index contributed by atoms with van der Waals surface area (Å²) < 4.78 is 0. The summed E-state index contributed by atoms with van der Waals surface area (Å²) in [4.78, 5) is 50.2. The molecule has 2 unspecified atom stereocenters. The van der Waals surface area contributed by atoms with Crippen LogP contribution in [-0.4, -0.2) is 101 Å². The molecule has 0 aliphatic rings. The van der Waals surface area contributed by atoms with Gasteiger partial charge in [-0.2, -0.15) is 0 Å². The van der Waals surface area contributed by atoms with Gasteiger partial charge in [-0.3, -0.25) is 19.2 Å². The molecule has 0 spiro atoms. The van der Waals surface area contributed by atoms with Crippen LogP contribution in [-0.2, 0) is 19.2 Å². The van der Waals surface area contributed by atoms with Crippen LogP contribution in [0.4, 0.5) is 0 Å². The van der Waals surface area contributed by atoms with E-state index in [1.807, 2.05) is 0 Å². The second kappa shape index (κ2) is 28.7. The molecule has 0 aromatic carbocycles. The first-order valence-electron chi connectivity index (χ1n) is 15.7. The minimum atomic E-state index is -0.651. The van der Waals surface area contributed by atoms with Gasteiger partial charge in [-0.1, -0.05) is 0 Å². The first kappa shape index (κ1) is 39.6. The lowest BCUT2D eigenvalue weighted by atomic mass is 10.1. The molecule has 0 saturated heterocycles. The van der Waals surface area contributed by atoms with Gasteiger partial charge in [0, 0.05) is 26.2 Å². The standard InChI is InChI=1S/C28H60N10O4/c29-11-1-5-15-33-23(27(41)37-19-7-3-13-31)21-26(40)36-18-10-9-16-34-24(28(42)38-20-8-4-14-32)22-25(39)35-17-6-2-12-30/h23-24,33-34H,1-22,29-32H2,(H,35,39)(H,36,40)(H,37,41)(H,38,42). The van der Waals surface area contributed by atoms with Crippen LogP contribution < -0.4 is 54.8 Å². The van der Waals surface area contributed by atoms with Crippen LogP contribution in [0.3, 0.4) is 0 Å². The van der Waals surface area contributed by atoms with E-state index < -0.39 is 12.1 Å². The van der Waals surface area contributed by atoms with Crippen molar-refractivity contribution < 1.29 is 19.2 Å². The van der Waals surface area contributed by atoms with Crippen molar-refractivity contribution in [2.24, 2.45) is 22.9 Å². The van der Waals surface area contributed by atoms with Crippen molar-refractivity contribution in [2.45, 2.75) is 89.1 Å². The summed E-state index contributed by atoms with van der Waals surface area (Å²) in [6, 6.07) is -1.27. The maximum Gasteiger partial charge on any atom is 0.237 e. The minimum Gasteiger partial charge on any atom is -0.356 e. The van der Waals surface area contributed by atoms with Gasteiger partial charge in [-0.25, -0.2) is 0 Å². The fourth-order valence-corrected chi connectivity index (χ4v) is 4.04. The number of amides is 4. The molecule has 42 heavy (non-hydrogen) atoms. The number of unbranched alkanes of at least 4 members (excludes halogenated alkanes) is 5. The largest absolute Gasteiger partial charge is 0.356 e. The molecule has 0 aromatic rings. The van der Waals surface area contributed by atoms with Crippen LogP contribution in [0.25, 0.3) is 0 Å². The first-order valence-corrected chi connectivity index (χ1v) is 15.7. The molecular formula is C28H60N10O4. The molecule has 14 heteroatoms. The Bertz CT molecular complexity index is 714. The van der Waals surface area contributed by atoms with E-state index in [-0.39, 0.29) is 36.5 Å². The third-order valence-corrected chi connectivity index (χ3v) is 6.56. The van der Waals surface area contributed by atoms with E-state index in [9.17, 15) is 19.2 Å². The molecule has 0 aliphatic carbocycles. The summed E-state index contributed by atoms with van der Waals surface area (Å²) in [7, 11) is 0. The van der Waals surface area contributed by atoms with Crippen molar-refractivity contribution in [3.63, 3.8) is 0 Å². The van der Waals surface area contributed by atoms with Crippen molar-refractivity contribution in [1.82, 2.24) is 31.9 Å². The third-order valence-electron chi connectivity index (χ3n) is 6.56. The number of carbonyl (C=O) groups is 4. The summed E-state index contributed by atoms with van der Waals surface area (Å²) in [5, 5.41) is 17.8. The Morgan fingerprint density at radius 2 is 0.690 bits per heavy atom. The number of rotatable bonds is 29. The highest BCUT2D eigenvalue weighted by molar-refractivity contribution is 5.89. The molecule has 14 nitrogen and oxygen atoms in total. The smallest absolute Gasteiger partial charge is 0.237 e. The molecule has 4 amide bonds. The highest BCUT2D eigenvalue weighted by Crippen LogP contribution is 1.99. The van der Waals surface area contributed by atoms with Crippen molar-refractivity contribution in [3.05, 3.63) is 0 Å². The molecular weight excluding hydrogens is 540 g/mol. The van der Waals surface area contributed by atoms with Crippen LogP contribution in [0.5, 0.6) is 0 Å². The Kier molecular flexibility index (Phi) is 27.1. The Hall–Kier alpha value is -2.36. The van der Waals surface area contributed by atoms with Gasteiger partial charge in [-0.15, -0.1) is 0 Å². The van der Waals surface area contributed by atoms with Gasteiger partial charge in [0.25, 0.3) is 0 Å². The van der Waals surface area contributed by atoms with Crippen molar-refractivity contribution in [3.8, 4) is 0 Å². The summed E-state index contributed by atoms with van der Waals surface area (Å²) in [6.07, 6.45) is 7.94. The van der Waals surface area contributed by atoms with E-state index in [0.29, 0.717) is 78.3 Å². The van der Waals surface area contributed by atoms with E-state index in [1.54, 1.807) is 0 Å². The van der Waals surface area contributed by atoms with Gasteiger partial charge in [0.05, 0.1) is 24.9 Å². The lowest BCUT2D eigenvalue weighted by Gasteiger charge is -2.19. The van der Waals surface area contributed by atoms with E-state index >= 15 is 0 Å². The molecule has 0 bridgehead atoms. The predicted molar refractivity (Wildman–Crippen MR) is 167 cm³/mol. The Balaban J connectivity index is 4.58. The maximum absolute atomic E-state index is 12.7. The van der Waals surface area contributed by atoms with Gasteiger partial charge in [0.15, 0.2) is 0 Å². The zero-order valence-corrected chi connectivity index (χ0v) is 25.7. The number of hydrogen-bond acceptors (Lipinski definition) is 10. The number of nitrogens with one attached hydrogen (secondary N) is 6. The highest BCUT2D eigenvalue weighted by atomic mass is 16.2. The number of hydrogen-bond donors (Lipinski definition) is 10. The first-order chi connectivity index (χ1) is 20.4. The lowest BCUT2D eigenvalue weighted by Crippen LogP contribution is -2.48. The maximum atomic E-state index is 12.7. The van der Waals surface area contributed by atoms with Gasteiger partial charge in [0.1, 0.15) is 0 Å². The molecule has 0 rings (SSSR count). The predicted octanol–water partition coefficient (Wildman–Crippen LogP) is -2.12. The molecule has 246 valence electrons. The van der Waals surface area contributed by atoms with Crippen LogP contribution in [0.2, 0.25) is 0 Å². The van der Waals surface area contributed by atoms with Crippen molar-refractivity contribution >= 4 is 23.6 Å². The van der Waals surface area contributed by atoms with E-state index in [2.05, 4.69) is 31.9 Å². The van der Waals surface area contributed by atoms with Crippen molar-refractivity contribution in [1.29, 1.82) is 0 Å². The average Bonchev–Trinajstić information content (AvgIpc) is 2.98. The lowest BCUT2D eigenvalue weighted by molar-refractivity contribution is -0.128. The molecule has 0 aliphatic heterocycles. The van der Waals surface area contributed by atoms with Crippen LogP contribution in [0, 0.1) is 0 Å². The summed E-state index contributed by atoms with van der Waals surface area (Å²) in [6.45, 7) is 5.39. The fourth-order valence-electron chi connectivity index (χ4n) is 4.04. The molecule has 0 radical (unpaired) electrons. The second-order valence-electron chi connectivity index (χ2n) is 10.4. The number of nitrogens with two attached hydrogens (primary N) is 4. The second-order valence-corrected chi connectivity index (χ2v) is 10.4. The minimum absolute atomic E-state index is 0.0377. The Labute approximate surface area is 252 Å². The van der Waals surface area contributed by atoms with E-state index in [4.69, 9.17) is 22.9 Å². The summed E-state index contributed by atoms with van der Waals surface area (Å²) in [5.74, 6) is -0.820. The topological polar surface area (TPSA) is 245 Å². The Morgan fingerprint density at radius 1 is 0.405 bits per heavy atom. The quantitative estimate of drug-likeness (QED) is 0.0418. The van der Waals surface area contributed by atoms with Crippen LogP contribution in [0.1, 0.15) is 77.0 Å². The molecule has 0 heterocycles. The normalized spacial score (nSPS) is 12.4. The molecule has 0 saturated carbocycles. The molecule has 14 N–H and O–H groups in total. The third kappa shape index (κ3) is 23.2. The highest BCUT2D eigenvalue weighted by Gasteiger charge is 2.22. The fraction of sp³-hybridized carbons (Fsp3) is 0.857. The van der Waals surface area contributed by atoms with E-state index in [0.717, 1.165) is 51.4 Å². The average molecular weight is 601 g/mol. The van der Waals surface area contributed by atoms with Crippen LogP contribution >= 0.6 is 0 Å². The number of carbonyl (C=O) groups excluding carboxylic acids is 4. The molecule has 0 aromatic heterocycles. The molecule has 2 atom stereocenters. The van der Waals surface area contributed by atoms with Gasteiger partial charge < -0.3 is 54.8 Å². The summed E-state index contributed by atoms with van der Waals surface area (Å²) >= 11 is 0. The zero-order valence-electron chi connectivity index (χ0n) is 25.7. The molecule has 0 fully saturated rings. The van der Waals surface area contributed by atoms with Gasteiger partial charge in [-0.05, 0) is 103 Å².